The Morgan fingerprint density at radius 2 is 2.06 bits per heavy atom. The van der Waals surface area contributed by atoms with Crippen molar-refractivity contribution >= 4 is 28.2 Å². The number of likely N-dealkylation sites (N-methyl/N-ethyl adjacent to an activating group) is 1. The number of ether oxygens (including phenoxy) is 1. The topological polar surface area (TPSA) is 63.8 Å². The summed E-state index contributed by atoms with van der Waals surface area (Å²) in [5, 5.41) is 5.31. The van der Waals surface area contributed by atoms with Crippen molar-refractivity contribution in [1.29, 1.82) is 0 Å². The van der Waals surface area contributed by atoms with Gasteiger partial charge < -0.3 is 19.9 Å². The maximum absolute atomic E-state index is 13.1. The van der Waals surface area contributed by atoms with Gasteiger partial charge in [0.15, 0.2) is 5.11 Å². The quantitative estimate of drug-likeness (QED) is 0.406. The number of morpholine rings is 1. The van der Waals surface area contributed by atoms with Gasteiger partial charge in [-0.1, -0.05) is 19.1 Å². The number of aryl methyl sites for hydroxylation is 2. The molecule has 2 N–H and O–H groups in total. The van der Waals surface area contributed by atoms with Crippen LogP contribution in [0.4, 0.5) is 0 Å². The molecule has 4 rings (SSSR count). The summed E-state index contributed by atoms with van der Waals surface area (Å²) in [6, 6.07) is 6.73. The first kappa shape index (κ1) is 26.1. The van der Waals surface area contributed by atoms with Crippen LogP contribution in [0.5, 0.6) is 0 Å². The maximum Gasteiger partial charge on any atom is 0.253 e. The van der Waals surface area contributed by atoms with Gasteiger partial charge in [-0.25, -0.2) is 0 Å². The number of nitrogens with one attached hydrogen (secondary N) is 2. The van der Waals surface area contributed by atoms with Gasteiger partial charge in [-0.2, -0.15) is 0 Å². The zero-order chi connectivity index (χ0) is 24.8. The number of thiocarbonyl (C=S) groups is 1. The van der Waals surface area contributed by atoms with E-state index in [1.165, 1.54) is 18.4 Å². The average molecular weight is 500 g/mol. The third-order valence-electron chi connectivity index (χ3n) is 7.64. The molecule has 1 aromatic heterocycles. The number of aromatic nitrogens is 1. The highest BCUT2D eigenvalue weighted by Gasteiger charge is 2.26. The third-order valence-corrected chi connectivity index (χ3v) is 8.05. The lowest BCUT2D eigenvalue weighted by atomic mass is 10.0. The summed E-state index contributed by atoms with van der Waals surface area (Å²) >= 11 is 5.88. The Morgan fingerprint density at radius 3 is 2.83 bits per heavy atom. The van der Waals surface area contributed by atoms with Crippen LogP contribution in [-0.4, -0.2) is 89.9 Å². The van der Waals surface area contributed by atoms with Gasteiger partial charge in [-0.3, -0.25) is 14.6 Å². The molecule has 0 bridgehead atoms. The second-order valence-electron chi connectivity index (χ2n) is 9.94. The van der Waals surface area contributed by atoms with Crippen LogP contribution in [-0.2, 0) is 11.3 Å². The first-order chi connectivity index (χ1) is 17.0. The number of benzene rings is 1. The van der Waals surface area contributed by atoms with E-state index in [1.54, 1.807) is 0 Å². The molecule has 1 atom stereocenters. The van der Waals surface area contributed by atoms with Crippen LogP contribution < -0.4 is 10.9 Å². The number of rotatable bonds is 9. The normalized spacial score (nSPS) is 19.3. The van der Waals surface area contributed by atoms with Gasteiger partial charge in [0.25, 0.3) is 5.56 Å². The lowest BCUT2D eigenvalue weighted by Gasteiger charge is -2.32. The van der Waals surface area contributed by atoms with E-state index in [9.17, 15) is 4.79 Å². The van der Waals surface area contributed by atoms with E-state index in [-0.39, 0.29) is 5.56 Å². The van der Waals surface area contributed by atoms with E-state index in [2.05, 4.69) is 57.9 Å². The molecule has 0 aliphatic carbocycles. The van der Waals surface area contributed by atoms with Crippen LogP contribution >= 0.6 is 12.2 Å². The largest absolute Gasteiger partial charge is 0.379 e. The van der Waals surface area contributed by atoms with Gasteiger partial charge in [0, 0.05) is 37.8 Å². The number of hydrogen-bond acceptors (Lipinski definition) is 5. The molecule has 0 amide bonds. The van der Waals surface area contributed by atoms with Crippen molar-refractivity contribution in [3.8, 4) is 0 Å². The summed E-state index contributed by atoms with van der Waals surface area (Å²) in [5.41, 5.74) is 3.99. The zero-order valence-electron chi connectivity index (χ0n) is 21.6. The number of fused-ring (bicyclic) bond motifs is 1. The Bertz CT molecular complexity index is 1070. The van der Waals surface area contributed by atoms with Gasteiger partial charge in [0.2, 0.25) is 0 Å². The summed E-state index contributed by atoms with van der Waals surface area (Å²) in [7, 11) is 0. The minimum Gasteiger partial charge on any atom is -0.379 e. The highest BCUT2D eigenvalue weighted by molar-refractivity contribution is 7.80. The molecule has 2 saturated heterocycles. The third kappa shape index (κ3) is 6.61. The van der Waals surface area contributed by atoms with Crippen LogP contribution in [0.2, 0.25) is 0 Å². The standard InChI is InChI=1S/C27H41N5O2S/c1-4-31-12-5-7-24(31)19-32(27(35)28-10-6-11-30-13-15-34-16-14-30)18-23-17-22-9-8-20(2)21(3)25(22)29-26(23)33/h8-9,17,24H,4-7,10-16,18-19H2,1-3H3,(H,28,35)(H,29,33)/t24-/m0/s1. The molecule has 7 nitrogen and oxygen atoms in total. The first-order valence-corrected chi connectivity index (χ1v) is 13.6. The Kier molecular flexibility index (Phi) is 9.16. The molecule has 2 fully saturated rings. The molecule has 8 heteroatoms. The number of H-pyrrole nitrogens is 1. The maximum atomic E-state index is 13.1. The molecule has 3 heterocycles. The molecule has 0 unspecified atom stereocenters. The van der Waals surface area contributed by atoms with Gasteiger partial charge in [-0.15, -0.1) is 0 Å². The Balaban J connectivity index is 1.46. The van der Waals surface area contributed by atoms with Crippen molar-refractivity contribution in [2.75, 3.05) is 59.0 Å². The van der Waals surface area contributed by atoms with Crippen molar-refractivity contribution in [3.63, 3.8) is 0 Å². The molecule has 2 aromatic rings. The molecule has 35 heavy (non-hydrogen) atoms. The second kappa shape index (κ2) is 12.3. The predicted molar refractivity (Wildman–Crippen MR) is 147 cm³/mol. The van der Waals surface area contributed by atoms with Crippen LogP contribution in [0.15, 0.2) is 23.0 Å². The van der Waals surface area contributed by atoms with Gasteiger partial charge in [0.05, 0.1) is 25.3 Å². The van der Waals surface area contributed by atoms with Crippen molar-refractivity contribution in [1.82, 2.24) is 25.0 Å². The summed E-state index contributed by atoms with van der Waals surface area (Å²) < 4.78 is 5.45. The van der Waals surface area contributed by atoms with Crippen LogP contribution in [0, 0.1) is 13.8 Å². The molecule has 1 aromatic carbocycles. The average Bonchev–Trinajstić information content (AvgIpc) is 3.32. The van der Waals surface area contributed by atoms with Crippen LogP contribution in [0.3, 0.4) is 0 Å². The van der Waals surface area contributed by atoms with Gasteiger partial charge >= 0.3 is 0 Å². The van der Waals surface area contributed by atoms with Crippen molar-refractivity contribution < 1.29 is 4.74 Å². The van der Waals surface area contributed by atoms with Crippen LogP contribution in [0.1, 0.15) is 42.9 Å². The molecule has 0 radical (unpaired) electrons. The number of pyridine rings is 1. The van der Waals surface area contributed by atoms with Gasteiger partial charge in [-0.05, 0) is 87.5 Å². The minimum absolute atomic E-state index is 0.0231. The van der Waals surface area contributed by atoms with Crippen molar-refractivity contribution in [3.05, 3.63) is 45.2 Å². The fourth-order valence-electron chi connectivity index (χ4n) is 5.32. The molecular weight excluding hydrogens is 458 g/mol. The Labute approximate surface area is 214 Å². The molecule has 192 valence electrons. The molecule has 2 aliphatic heterocycles. The smallest absolute Gasteiger partial charge is 0.253 e. The van der Waals surface area contributed by atoms with E-state index in [4.69, 9.17) is 17.0 Å². The van der Waals surface area contributed by atoms with Crippen molar-refractivity contribution in [2.45, 2.75) is 52.6 Å². The fourth-order valence-corrected chi connectivity index (χ4v) is 5.56. The number of nitrogens with zero attached hydrogens (tertiary/aromatic N) is 3. The molecular formula is C27H41N5O2S. The van der Waals surface area contributed by atoms with Crippen molar-refractivity contribution in [2.24, 2.45) is 0 Å². The van der Waals surface area contributed by atoms with E-state index in [0.717, 1.165) is 92.6 Å². The lowest BCUT2D eigenvalue weighted by Crippen LogP contribution is -2.47. The second-order valence-corrected chi connectivity index (χ2v) is 10.3. The summed E-state index contributed by atoms with van der Waals surface area (Å²) in [6.07, 6.45) is 3.44. The molecule has 0 spiro atoms. The van der Waals surface area contributed by atoms with Gasteiger partial charge in [0.1, 0.15) is 0 Å². The van der Waals surface area contributed by atoms with E-state index in [1.807, 2.05) is 6.07 Å². The van der Waals surface area contributed by atoms with E-state index < -0.39 is 0 Å². The number of hydrogen-bond donors (Lipinski definition) is 2. The monoisotopic (exact) mass is 499 g/mol. The summed E-state index contributed by atoms with van der Waals surface area (Å²) in [6.45, 7) is 15.5. The highest BCUT2D eigenvalue weighted by Crippen LogP contribution is 2.21. The highest BCUT2D eigenvalue weighted by atomic mass is 32.1. The zero-order valence-corrected chi connectivity index (χ0v) is 22.4. The minimum atomic E-state index is -0.0231. The van der Waals surface area contributed by atoms with E-state index in [0.29, 0.717) is 12.6 Å². The summed E-state index contributed by atoms with van der Waals surface area (Å²) in [5.74, 6) is 0. The lowest BCUT2D eigenvalue weighted by molar-refractivity contribution is 0.0375. The Hall–Kier alpha value is -2.00. The molecule has 0 saturated carbocycles. The Morgan fingerprint density at radius 1 is 1.26 bits per heavy atom. The number of likely N-dealkylation sites (tertiary alicyclic amines) is 1. The van der Waals surface area contributed by atoms with Crippen LogP contribution in [0.25, 0.3) is 10.9 Å². The SMILES string of the molecule is CCN1CCC[C@H]1CN(Cc1cc2ccc(C)c(C)c2[nH]c1=O)C(=S)NCCCN1CCOCC1. The first-order valence-electron chi connectivity index (χ1n) is 13.1. The summed E-state index contributed by atoms with van der Waals surface area (Å²) in [4.78, 5) is 23.4. The predicted octanol–water partition coefficient (Wildman–Crippen LogP) is 3.03. The molecule has 2 aliphatic rings. The fraction of sp³-hybridized carbons (Fsp3) is 0.630. The van der Waals surface area contributed by atoms with E-state index >= 15 is 0 Å². The number of aromatic amines is 1.